The molecule has 0 radical (unpaired) electrons. The molecule has 1 heterocycles. The van der Waals surface area contributed by atoms with Gasteiger partial charge in [-0.1, -0.05) is 36.4 Å². The van der Waals surface area contributed by atoms with Gasteiger partial charge in [0.25, 0.3) is 0 Å². The maximum absolute atomic E-state index is 12.4. The standard InChI is InChI=1S/C18H20N4O2/c1-3-15(13-8-10-14(24-2)11-9-13)19-18(23)12-22-17-7-5-4-6-16(17)20-21-22/h4-11,15H,3,12H2,1-2H3,(H,19,23). The Bertz CT molecular complexity index is 826. The highest BCUT2D eigenvalue weighted by Crippen LogP contribution is 2.20. The van der Waals surface area contributed by atoms with Crippen molar-refractivity contribution in [3.63, 3.8) is 0 Å². The minimum Gasteiger partial charge on any atom is -0.497 e. The molecule has 6 heteroatoms. The molecule has 6 nitrogen and oxygen atoms in total. The van der Waals surface area contributed by atoms with Gasteiger partial charge in [0.1, 0.15) is 17.8 Å². The molecule has 3 rings (SSSR count). The predicted molar refractivity (Wildman–Crippen MR) is 91.7 cm³/mol. The number of hydrogen-bond donors (Lipinski definition) is 1. The van der Waals surface area contributed by atoms with Crippen LogP contribution in [-0.2, 0) is 11.3 Å². The molecule has 1 atom stereocenters. The molecule has 124 valence electrons. The number of methoxy groups -OCH3 is 1. The van der Waals surface area contributed by atoms with Gasteiger partial charge < -0.3 is 10.1 Å². The van der Waals surface area contributed by atoms with Crippen LogP contribution >= 0.6 is 0 Å². The van der Waals surface area contributed by atoms with Crippen LogP contribution in [-0.4, -0.2) is 28.0 Å². The minimum atomic E-state index is -0.0895. The number of ether oxygens (including phenoxy) is 1. The lowest BCUT2D eigenvalue weighted by Crippen LogP contribution is -2.31. The van der Waals surface area contributed by atoms with Crippen LogP contribution in [0.1, 0.15) is 24.9 Å². The smallest absolute Gasteiger partial charge is 0.242 e. The number of aromatic nitrogens is 3. The molecular formula is C18H20N4O2. The third-order valence-corrected chi connectivity index (χ3v) is 3.98. The third-order valence-electron chi connectivity index (χ3n) is 3.98. The first kappa shape index (κ1) is 16.0. The van der Waals surface area contributed by atoms with E-state index in [1.165, 1.54) is 0 Å². The molecule has 1 amide bonds. The Morgan fingerprint density at radius 1 is 1.21 bits per heavy atom. The molecule has 1 N–H and O–H groups in total. The summed E-state index contributed by atoms with van der Waals surface area (Å²) in [4.78, 5) is 12.4. The number of hydrogen-bond acceptors (Lipinski definition) is 4. The van der Waals surface area contributed by atoms with Crippen molar-refractivity contribution in [2.24, 2.45) is 0 Å². The van der Waals surface area contributed by atoms with Crippen LogP contribution in [0.5, 0.6) is 5.75 Å². The van der Waals surface area contributed by atoms with Gasteiger partial charge in [-0.3, -0.25) is 4.79 Å². The Morgan fingerprint density at radius 2 is 1.96 bits per heavy atom. The highest BCUT2D eigenvalue weighted by molar-refractivity contribution is 5.80. The van der Waals surface area contributed by atoms with Crippen LogP contribution < -0.4 is 10.1 Å². The summed E-state index contributed by atoms with van der Waals surface area (Å²) in [5.41, 5.74) is 2.69. The maximum atomic E-state index is 12.4. The molecule has 1 aromatic heterocycles. The summed E-state index contributed by atoms with van der Waals surface area (Å²) in [5.74, 6) is 0.710. The zero-order valence-electron chi connectivity index (χ0n) is 13.8. The van der Waals surface area contributed by atoms with Gasteiger partial charge in [-0.05, 0) is 36.2 Å². The van der Waals surface area contributed by atoms with E-state index in [0.29, 0.717) is 0 Å². The molecule has 0 aliphatic rings. The number of rotatable bonds is 6. The van der Waals surface area contributed by atoms with E-state index in [-0.39, 0.29) is 18.5 Å². The van der Waals surface area contributed by atoms with Crippen molar-refractivity contribution in [2.45, 2.75) is 25.9 Å². The number of nitrogens with one attached hydrogen (secondary N) is 1. The second kappa shape index (κ2) is 7.12. The predicted octanol–water partition coefficient (Wildman–Crippen LogP) is 2.71. The van der Waals surface area contributed by atoms with E-state index < -0.39 is 0 Å². The van der Waals surface area contributed by atoms with Gasteiger partial charge in [0.2, 0.25) is 5.91 Å². The summed E-state index contributed by atoms with van der Waals surface area (Å²) in [6.07, 6.45) is 0.802. The number of benzene rings is 2. The summed E-state index contributed by atoms with van der Waals surface area (Å²) in [7, 11) is 1.64. The van der Waals surface area contributed by atoms with Crippen LogP contribution in [0.15, 0.2) is 48.5 Å². The van der Waals surface area contributed by atoms with Gasteiger partial charge in [0.15, 0.2) is 0 Å². The van der Waals surface area contributed by atoms with Crippen molar-refractivity contribution in [1.82, 2.24) is 20.3 Å². The fourth-order valence-corrected chi connectivity index (χ4v) is 2.67. The molecule has 3 aromatic rings. The largest absolute Gasteiger partial charge is 0.497 e. The number of nitrogens with zero attached hydrogens (tertiary/aromatic N) is 3. The van der Waals surface area contributed by atoms with Crippen molar-refractivity contribution >= 4 is 16.9 Å². The Balaban J connectivity index is 1.70. The molecule has 2 aromatic carbocycles. The highest BCUT2D eigenvalue weighted by Gasteiger charge is 2.14. The SMILES string of the molecule is CCC(NC(=O)Cn1nnc2ccccc21)c1ccc(OC)cc1. The van der Waals surface area contributed by atoms with Crippen molar-refractivity contribution in [2.75, 3.05) is 7.11 Å². The maximum Gasteiger partial charge on any atom is 0.242 e. The molecule has 0 aliphatic heterocycles. The van der Waals surface area contributed by atoms with Crippen molar-refractivity contribution in [3.8, 4) is 5.75 Å². The average molecular weight is 324 g/mol. The quantitative estimate of drug-likeness (QED) is 0.757. The fraction of sp³-hybridized carbons (Fsp3) is 0.278. The summed E-state index contributed by atoms with van der Waals surface area (Å²) < 4.78 is 6.79. The molecule has 24 heavy (non-hydrogen) atoms. The second-order valence-electron chi connectivity index (χ2n) is 5.54. The average Bonchev–Trinajstić information content (AvgIpc) is 3.03. The van der Waals surface area contributed by atoms with Gasteiger partial charge in [0.05, 0.1) is 18.7 Å². The summed E-state index contributed by atoms with van der Waals surface area (Å²) in [6, 6.07) is 15.3. The van der Waals surface area contributed by atoms with E-state index in [4.69, 9.17) is 4.74 Å². The van der Waals surface area contributed by atoms with Crippen LogP contribution in [0.25, 0.3) is 11.0 Å². The molecule has 0 fully saturated rings. The Kier molecular flexibility index (Phi) is 4.74. The molecule has 0 aliphatic carbocycles. The normalized spacial score (nSPS) is 12.1. The van der Waals surface area contributed by atoms with E-state index in [1.54, 1.807) is 11.8 Å². The minimum absolute atomic E-state index is 0.0433. The Labute approximate surface area is 140 Å². The number of fused-ring (bicyclic) bond motifs is 1. The van der Waals surface area contributed by atoms with E-state index >= 15 is 0 Å². The lowest BCUT2D eigenvalue weighted by atomic mass is 10.0. The number of para-hydroxylation sites is 1. The van der Waals surface area contributed by atoms with Gasteiger partial charge in [-0.15, -0.1) is 5.10 Å². The summed E-state index contributed by atoms with van der Waals surface area (Å²) in [6.45, 7) is 2.19. The number of carbonyl (C=O) groups excluding carboxylic acids is 1. The zero-order chi connectivity index (χ0) is 16.9. The first-order chi connectivity index (χ1) is 11.7. The molecule has 0 saturated carbocycles. The lowest BCUT2D eigenvalue weighted by molar-refractivity contribution is -0.122. The molecule has 0 bridgehead atoms. The Hall–Kier alpha value is -2.89. The van der Waals surface area contributed by atoms with Gasteiger partial charge in [-0.2, -0.15) is 0 Å². The number of amides is 1. The molecular weight excluding hydrogens is 304 g/mol. The Morgan fingerprint density at radius 3 is 2.67 bits per heavy atom. The topological polar surface area (TPSA) is 69.0 Å². The first-order valence-corrected chi connectivity index (χ1v) is 7.92. The van der Waals surface area contributed by atoms with Crippen LogP contribution in [0.4, 0.5) is 0 Å². The van der Waals surface area contributed by atoms with Crippen molar-refractivity contribution in [3.05, 3.63) is 54.1 Å². The van der Waals surface area contributed by atoms with Gasteiger partial charge in [-0.25, -0.2) is 4.68 Å². The zero-order valence-corrected chi connectivity index (χ0v) is 13.8. The van der Waals surface area contributed by atoms with Crippen molar-refractivity contribution < 1.29 is 9.53 Å². The summed E-state index contributed by atoms with van der Waals surface area (Å²) >= 11 is 0. The fourth-order valence-electron chi connectivity index (χ4n) is 2.67. The molecule has 0 spiro atoms. The van der Waals surface area contributed by atoms with Gasteiger partial charge in [0, 0.05) is 0 Å². The first-order valence-electron chi connectivity index (χ1n) is 7.92. The third kappa shape index (κ3) is 3.37. The second-order valence-corrected chi connectivity index (χ2v) is 5.54. The lowest BCUT2D eigenvalue weighted by Gasteiger charge is -2.18. The van der Waals surface area contributed by atoms with E-state index in [2.05, 4.69) is 15.6 Å². The van der Waals surface area contributed by atoms with Crippen LogP contribution in [0.2, 0.25) is 0 Å². The van der Waals surface area contributed by atoms with Crippen LogP contribution in [0.3, 0.4) is 0 Å². The highest BCUT2D eigenvalue weighted by atomic mass is 16.5. The van der Waals surface area contributed by atoms with Gasteiger partial charge >= 0.3 is 0 Å². The van der Waals surface area contributed by atoms with E-state index in [0.717, 1.165) is 28.8 Å². The number of carbonyl (C=O) groups is 1. The van der Waals surface area contributed by atoms with E-state index in [1.807, 2.05) is 55.5 Å². The van der Waals surface area contributed by atoms with Crippen molar-refractivity contribution in [1.29, 1.82) is 0 Å². The molecule has 0 saturated heterocycles. The molecule has 1 unspecified atom stereocenters. The monoisotopic (exact) mass is 324 g/mol. The summed E-state index contributed by atoms with van der Waals surface area (Å²) in [5, 5.41) is 11.2. The van der Waals surface area contributed by atoms with Crippen LogP contribution in [0, 0.1) is 0 Å². The van der Waals surface area contributed by atoms with E-state index in [9.17, 15) is 4.79 Å².